The Hall–Kier alpha value is -3.38. The summed E-state index contributed by atoms with van der Waals surface area (Å²) in [6.45, 7) is 3.92. The van der Waals surface area contributed by atoms with Gasteiger partial charge in [-0.1, -0.05) is 97.1 Å². The lowest BCUT2D eigenvalue weighted by atomic mass is 9.70. The Balaban J connectivity index is 1.80. The van der Waals surface area contributed by atoms with Crippen molar-refractivity contribution >= 4 is 0 Å². The van der Waals surface area contributed by atoms with Crippen molar-refractivity contribution in [3.63, 3.8) is 0 Å². The van der Waals surface area contributed by atoms with Crippen LogP contribution in [0.4, 0.5) is 0 Å². The molecule has 0 amide bonds. The lowest BCUT2D eigenvalue weighted by Gasteiger charge is -2.30. The van der Waals surface area contributed by atoms with E-state index in [1.807, 2.05) is 6.08 Å². The highest BCUT2D eigenvalue weighted by atomic mass is 14.5. The van der Waals surface area contributed by atoms with Gasteiger partial charge < -0.3 is 0 Å². The smallest absolute Gasteiger partial charge is 0.0725 e. The lowest BCUT2D eigenvalue weighted by molar-refractivity contribution is 0.793. The van der Waals surface area contributed by atoms with Gasteiger partial charge in [0.1, 0.15) is 0 Å². The van der Waals surface area contributed by atoms with Crippen molar-refractivity contribution in [1.29, 1.82) is 0 Å². The third-order valence-electron chi connectivity index (χ3n) is 6.44. The summed E-state index contributed by atoms with van der Waals surface area (Å²) in [6.07, 6.45) is 2.88. The van der Waals surface area contributed by atoms with Crippen molar-refractivity contribution in [2.75, 3.05) is 0 Å². The normalized spacial score (nSPS) is 14.3. The Morgan fingerprint density at radius 2 is 1.04 bits per heavy atom. The van der Waals surface area contributed by atoms with E-state index in [1.54, 1.807) is 0 Å². The summed E-state index contributed by atoms with van der Waals surface area (Å²) >= 11 is 0. The van der Waals surface area contributed by atoms with Crippen LogP contribution < -0.4 is 0 Å². The van der Waals surface area contributed by atoms with Gasteiger partial charge in [-0.15, -0.1) is 6.58 Å². The summed E-state index contributed by atoms with van der Waals surface area (Å²) in [4.78, 5) is 0. The van der Waals surface area contributed by atoms with Gasteiger partial charge in [-0.05, 0) is 56.5 Å². The zero-order valence-electron chi connectivity index (χ0n) is 15.7. The molecule has 0 atom stereocenters. The molecule has 4 aromatic rings. The van der Waals surface area contributed by atoms with Crippen molar-refractivity contribution in [2.45, 2.75) is 11.8 Å². The molecule has 0 bridgehead atoms. The first kappa shape index (κ1) is 15.7. The minimum atomic E-state index is -0.216. The quantitative estimate of drug-likeness (QED) is 0.301. The van der Waals surface area contributed by atoms with Gasteiger partial charge in [0, 0.05) is 0 Å². The molecule has 0 aromatic heterocycles. The predicted molar refractivity (Wildman–Crippen MR) is 117 cm³/mol. The largest absolute Gasteiger partial charge is 0.103 e. The summed E-state index contributed by atoms with van der Waals surface area (Å²) in [5, 5.41) is 0. The number of fused-ring (bicyclic) bond motifs is 10. The molecular weight excluding hydrogens is 336 g/mol. The monoisotopic (exact) mass is 356 g/mol. The third kappa shape index (κ3) is 1.75. The first-order valence-electron chi connectivity index (χ1n) is 9.89. The number of rotatable bonds is 2. The highest BCUT2D eigenvalue weighted by Crippen LogP contribution is 2.62. The average Bonchev–Trinajstić information content (AvgIpc) is 3.21. The van der Waals surface area contributed by atoms with Crippen LogP contribution in [0.15, 0.2) is 104 Å². The van der Waals surface area contributed by atoms with Gasteiger partial charge in [-0.3, -0.25) is 0 Å². The second-order valence-electron chi connectivity index (χ2n) is 7.76. The van der Waals surface area contributed by atoms with Crippen LogP contribution in [0.25, 0.3) is 22.3 Å². The van der Waals surface area contributed by atoms with Crippen LogP contribution >= 0.6 is 0 Å². The molecule has 2 aliphatic rings. The molecule has 0 heteroatoms. The Morgan fingerprint density at radius 3 is 1.57 bits per heavy atom. The van der Waals surface area contributed by atoms with Crippen LogP contribution in [-0.2, 0) is 11.8 Å². The maximum atomic E-state index is 3.92. The standard InChI is InChI=1S/C28H20/c1-2-9-19-16-17-27-23(18-19)22-12-5-8-15-26(22)28(27)24-13-6-3-10-20(24)21-11-4-7-14-25(21)28/h2-8,10-18H,1,9H2. The van der Waals surface area contributed by atoms with Gasteiger partial charge in [0.15, 0.2) is 0 Å². The molecule has 0 fully saturated rings. The Labute approximate surface area is 165 Å². The van der Waals surface area contributed by atoms with Crippen molar-refractivity contribution in [3.05, 3.63) is 131 Å². The topological polar surface area (TPSA) is 0 Å². The first-order valence-corrected chi connectivity index (χ1v) is 9.89. The van der Waals surface area contributed by atoms with Gasteiger partial charge >= 0.3 is 0 Å². The van der Waals surface area contributed by atoms with E-state index in [1.165, 1.54) is 50.1 Å². The molecule has 28 heavy (non-hydrogen) atoms. The van der Waals surface area contributed by atoms with Crippen LogP contribution in [-0.4, -0.2) is 0 Å². The van der Waals surface area contributed by atoms with E-state index in [9.17, 15) is 0 Å². The molecule has 0 nitrogen and oxygen atoms in total. The molecule has 0 saturated carbocycles. The average molecular weight is 356 g/mol. The Morgan fingerprint density at radius 1 is 0.571 bits per heavy atom. The maximum Gasteiger partial charge on any atom is 0.0725 e. The van der Waals surface area contributed by atoms with Crippen LogP contribution in [0, 0.1) is 0 Å². The van der Waals surface area contributed by atoms with Gasteiger partial charge in [0.2, 0.25) is 0 Å². The Bertz CT molecular complexity index is 1210. The van der Waals surface area contributed by atoms with Gasteiger partial charge in [-0.25, -0.2) is 0 Å². The molecule has 2 aliphatic carbocycles. The fraction of sp³-hybridized carbons (Fsp3) is 0.0714. The van der Waals surface area contributed by atoms with Crippen LogP contribution in [0.1, 0.15) is 27.8 Å². The molecule has 1 spiro atoms. The zero-order chi connectivity index (χ0) is 18.7. The second-order valence-corrected chi connectivity index (χ2v) is 7.76. The summed E-state index contributed by atoms with van der Waals surface area (Å²) in [5.41, 5.74) is 12.1. The van der Waals surface area contributed by atoms with Gasteiger partial charge in [-0.2, -0.15) is 0 Å². The van der Waals surface area contributed by atoms with E-state index in [0.29, 0.717) is 0 Å². The van der Waals surface area contributed by atoms with E-state index in [-0.39, 0.29) is 5.41 Å². The number of allylic oxidation sites excluding steroid dienone is 1. The van der Waals surface area contributed by atoms with Gasteiger partial charge in [0.05, 0.1) is 5.41 Å². The minimum Gasteiger partial charge on any atom is -0.103 e. The molecule has 0 saturated heterocycles. The molecular formula is C28H20. The van der Waals surface area contributed by atoms with Crippen molar-refractivity contribution in [3.8, 4) is 22.3 Å². The van der Waals surface area contributed by atoms with Crippen LogP contribution in [0.2, 0.25) is 0 Å². The highest BCUT2D eigenvalue weighted by Gasteiger charge is 2.51. The minimum absolute atomic E-state index is 0.216. The van der Waals surface area contributed by atoms with E-state index in [2.05, 4.69) is 97.6 Å². The van der Waals surface area contributed by atoms with E-state index in [4.69, 9.17) is 0 Å². The number of hydrogen-bond donors (Lipinski definition) is 0. The molecule has 0 unspecified atom stereocenters. The molecule has 0 N–H and O–H groups in total. The molecule has 0 aliphatic heterocycles. The summed E-state index contributed by atoms with van der Waals surface area (Å²) in [5.74, 6) is 0. The lowest BCUT2D eigenvalue weighted by Crippen LogP contribution is -2.25. The second kappa shape index (κ2) is 5.56. The van der Waals surface area contributed by atoms with Crippen molar-refractivity contribution in [1.82, 2.24) is 0 Å². The van der Waals surface area contributed by atoms with E-state index in [0.717, 1.165) is 6.42 Å². The molecule has 0 heterocycles. The van der Waals surface area contributed by atoms with Crippen LogP contribution in [0.3, 0.4) is 0 Å². The summed E-state index contributed by atoms with van der Waals surface area (Å²) < 4.78 is 0. The van der Waals surface area contributed by atoms with E-state index >= 15 is 0 Å². The van der Waals surface area contributed by atoms with Crippen molar-refractivity contribution < 1.29 is 0 Å². The van der Waals surface area contributed by atoms with Gasteiger partial charge in [0.25, 0.3) is 0 Å². The van der Waals surface area contributed by atoms with Crippen molar-refractivity contribution in [2.24, 2.45) is 0 Å². The fourth-order valence-electron chi connectivity index (χ4n) is 5.44. The molecule has 132 valence electrons. The fourth-order valence-corrected chi connectivity index (χ4v) is 5.44. The van der Waals surface area contributed by atoms with Crippen LogP contribution in [0.5, 0.6) is 0 Å². The Kier molecular flexibility index (Phi) is 3.11. The predicted octanol–water partition coefficient (Wildman–Crippen LogP) is 6.76. The summed E-state index contributed by atoms with van der Waals surface area (Å²) in [7, 11) is 0. The zero-order valence-corrected chi connectivity index (χ0v) is 15.7. The first-order chi connectivity index (χ1) is 13.9. The number of hydrogen-bond acceptors (Lipinski definition) is 0. The highest BCUT2D eigenvalue weighted by molar-refractivity contribution is 5.94. The molecule has 6 rings (SSSR count). The SMILES string of the molecule is C=CCc1ccc2c(c1)-c1ccccc1C21c2ccccc2-c2ccccc21. The maximum absolute atomic E-state index is 3.92. The third-order valence-corrected chi connectivity index (χ3v) is 6.44. The number of benzene rings is 4. The van der Waals surface area contributed by atoms with E-state index < -0.39 is 0 Å². The molecule has 4 aromatic carbocycles. The molecule has 0 radical (unpaired) electrons. The summed E-state index contributed by atoms with van der Waals surface area (Å²) in [6, 6.07) is 33.8.